The summed E-state index contributed by atoms with van der Waals surface area (Å²) in [6.45, 7) is -0.563. The highest BCUT2D eigenvalue weighted by Crippen LogP contribution is 2.26. The molecule has 0 heterocycles. The van der Waals surface area contributed by atoms with Gasteiger partial charge in [-0.1, -0.05) is 12.1 Å². The van der Waals surface area contributed by atoms with Crippen LogP contribution in [0.1, 0.15) is 15.9 Å². The van der Waals surface area contributed by atoms with Crippen molar-refractivity contribution in [1.29, 1.82) is 0 Å². The van der Waals surface area contributed by atoms with Gasteiger partial charge in [-0.2, -0.15) is 0 Å². The van der Waals surface area contributed by atoms with E-state index in [1.54, 1.807) is 12.1 Å². The van der Waals surface area contributed by atoms with Crippen LogP contribution < -0.4 is 9.47 Å². The lowest BCUT2D eigenvalue weighted by atomic mass is 10.1. The normalized spacial score (nSPS) is 10.5. The van der Waals surface area contributed by atoms with Crippen molar-refractivity contribution in [2.45, 2.75) is 0 Å². The van der Waals surface area contributed by atoms with E-state index in [2.05, 4.69) is 0 Å². The molecule has 1 N–H and O–H groups in total. The Morgan fingerprint density at radius 1 is 1.23 bits per heavy atom. The molecule has 0 fully saturated rings. The van der Waals surface area contributed by atoms with Crippen molar-refractivity contribution in [3.05, 3.63) is 69.8 Å². The fourth-order valence-corrected chi connectivity index (χ4v) is 2.14. The number of carbonyl (C=O) groups is 2. The number of carboxylic acid groups (broad SMARTS) is 1. The number of carboxylic acids is 1. The molecule has 0 saturated heterocycles. The second-order valence-corrected chi connectivity index (χ2v) is 5.06. The molecule has 134 valence electrons. The number of ketones is 1. The number of carbonyl (C=O) groups excluding carboxylic acids is 1. The summed E-state index contributed by atoms with van der Waals surface area (Å²) >= 11 is 0. The van der Waals surface area contributed by atoms with Crippen LogP contribution >= 0.6 is 0 Å². The molecule has 0 spiro atoms. The number of nitro groups is 1. The maximum atomic E-state index is 12.3. The fraction of sp³-hybridized carbons (Fsp3) is 0.111. The number of hydrogen-bond donors (Lipinski definition) is 1. The number of hydrogen-bond acceptors (Lipinski definition) is 6. The minimum atomic E-state index is -1.15. The summed E-state index contributed by atoms with van der Waals surface area (Å²) in [5.74, 6) is -1.05. The van der Waals surface area contributed by atoms with Crippen LogP contribution in [0.3, 0.4) is 0 Å². The van der Waals surface area contributed by atoms with Crippen LogP contribution in [0.15, 0.2) is 48.5 Å². The summed E-state index contributed by atoms with van der Waals surface area (Å²) < 4.78 is 10.3. The monoisotopic (exact) mass is 357 g/mol. The molecular formula is C18H15NO7. The zero-order valence-corrected chi connectivity index (χ0v) is 13.7. The van der Waals surface area contributed by atoms with Crippen LogP contribution in [0.2, 0.25) is 0 Å². The zero-order chi connectivity index (χ0) is 19.1. The highest BCUT2D eigenvalue weighted by molar-refractivity contribution is 6.09. The number of nitrogens with zero attached hydrogens (tertiary/aromatic N) is 1. The van der Waals surface area contributed by atoms with Crippen molar-refractivity contribution in [1.82, 2.24) is 0 Å². The van der Waals surface area contributed by atoms with E-state index < -0.39 is 23.3 Å². The molecule has 8 nitrogen and oxygen atoms in total. The number of methoxy groups -OCH3 is 1. The van der Waals surface area contributed by atoms with Gasteiger partial charge < -0.3 is 14.6 Å². The Kier molecular flexibility index (Phi) is 6.05. The van der Waals surface area contributed by atoms with Gasteiger partial charge in [0.15, 0.2) is 12.4 Å². The number of ether oxygens (including phenoxy) is 2. The van der Waals surface area contributed by atoms with Gasteiger partial charge in [-0.15, -0.1) is 0 Å². The molecule has 0 bridgehead atoms. The average molecular weight is 357 g/mol. The van der Waals surface area contributed by atoms with Gasteiger partial charge in [0.1, 0.15) is 11.5 Å². The lowest BCUT2D eigenvalue weighted by molar-refractivity contribution is -0.385. The number of aliphatic carboxylic acids is 1. The average Bonchev–Trinajstić information content (AvgIpc) is 2.64. The predicted octanol–water partition coefficient (Wildman–Crippen LogP) is 2.96. The molecule has 26 heavy (non-hydrogen) atoms. The van der Waals surface area contributed by atoms with Gasteiger partial charge in [-0.05, 0) is 30.4 Å². The lowest BCUT2D eigenvalue weighted by Gasteiger charge is -2.09. The summed E-state index contributed by atoms with van der Waals surface area (Å²) in [5.41, 5.74) is 0.0912. The summed E-state index contributed by atoms with van der Waals surface area (Å²) in [7, 11) is 1.45. The Morgan fingerprint density at radius 3 is 2.62 bits per heavy atom. The molecule has 0 aliphatic heterocycles. The zero-order valence-electron chi connectivity index (χ0n) is 13.7. The van der Waals surface area contributed by atoms with Crippen molar-refractivity contribution in [3.8, 4) is 11.5 Å². The first-order chi connectivity index (χ1) is 12.4. The molecule has 0 unspecified atom stereocenters. The number of para-hydroxylation sites is 1. The topological polar surface area (TPSA) is 116 Å². The second kappa shape index (κ2) is 8.43. The molecule has 2 aromatic carbocycles. The van der Waals surface area contributed by atoms with Crippen LogP contribution in [-0.4, -0.2) is 35.5 Å². The quantitative estimate of drug-likeness (QED) is 0.334. The van der Waals surface area contributed by atoms with Crippen LogP contribution in [0.25, 0.3) is 6.08 Å². The lowest BCUT2D eigenvalue weighted by Crippen LogP contribution is -2.10. The van der Waals surface area contributed by atoms with E-state index >= 15 is 0 Å². The molecule has 0 saturated carbocycles. The number of nitro benzene ring substituents is 1. The number of allylic oxidation sites excluding steroid dienone is 1. The first-order valence-electron chi connectivity index (χ1n) is 7.41. The number of benzene rings is 2. The van der Waals surface area contributed by atoms with Crippen molar-refractivity contribution >= 4 is 23.5 Å². The largest absolute Gasteiger partial charge is 0.497 e. The second-order valence-electron chi connectivity index (χ2n) is 5.06. The third-order valence-corrected chi connectivity index (χ3v) is 3.35. The van der Waals surface area contributed by atoms with Crippen LogP contribution in [0.4, 0.5) is 5.69 Å². The van der Waals surface area contributed by atoms with E-state index in [0.717, 1.165) is 6.08 Å². The molecule has 0 radical (unpaired) electrons. The molecule has 2 aromatic rings. The summed E-state index contributed by atoms with van der Waals surface area (Å²) in [6.07, 6.45) is 2.56. The molecule has 2 rings (SSSR count). The fourth-order valence-electron chi connectivity index (χ4n) is 2.14. The highest BCUT2D eigenvalue weighted by atomic mass is 16.6. The minimum Gasteiger partial charge on any atom is -0.497 e. The van der Waals surface area contributed by atoms with E-state index in [1.807, 2.05) is 0 Å². The van der Waals surface area contributed by atoms with Gasteiger partial charge in [-0.25, -0.2) is 4.79 Å². The minimum absolute atomic E-state index is 0.0460. The van der Waals surface area contributed by atoms with Crippen molar-refractivity contribution in [2.75, 3.05) is 13.7 Å². The molecule has 0 aromatic heterocycles. The van der Waals surface area contributed by atoms with Crippen LogP contribution in [0.5, 0.6) is 11.5 Å². The van der Waals surface area contributed by atoms with Gasteiger partial charge in [0.05, 0.1) is 17.6 Å². The SMILES string of the molecule is COc1ccc(C=CC(=O)c2ccccc2[N+](=O)[O-])c(OCC(=O)O)c1. The van der Waals surface area contributed by atoms with Gasteiger partial charge in [0, 0.05) is 17.7 Å². The Hall–Kier alpha value is -3.68. The van der Waals surface area contributed by atoms with Crippen LogP contribution in [-0.2, 0) is 4.79 Å². The summed E-state index contributed by atoms with van der Waals surface area (Å²) in [4.78, 5) is 33.4. The first-order valence-corrected chi connectivity index (χ1v) is 7.41. The highest BCUT2D eigenvalue weighted by Gasteiger charge is 2.17. The Balaban J connectivity index is 2.30. The first kappa shape index (κ1) is 18.7. The Bertz CT molecular complexity index is 874. The van der Waals surface area contributed by atoms with Crippen molar-refractivity contribution in [3.63, 3.8) is 0 Å². The molecule has 0 atom stereocenters. The number of rotatable bonds is 8. The van der Waals surface area contributed by atoms with Crippen molar-refractivity contribution in [2.24, 2.45) is 0 Å². The predicted molar refractivity (Wildman–Crippen MR) is 92.6 cm³/mol. The van der Waals surface area contributed by atoms with E-state index in [0.29, 0.717) is 11.3 Å². The van der Waals surface area contributed by atoms with E-state index in [4.69, 9.17) is 14.6 Å². The van der Waals surface area contributed by atoms with Gasteiger partial charge in [-0.3, -0.25) is 14.9 Å². The summed E-state index contributed by atoms with van der Waals surface area (Å²) in [5, 5.41) is 19.8. The van der Waals surface area contributed by atoms with E-state index in [-0.39, 0.29) is 17.0 Å². The summed E-state index contributed by atoms with van der Waals surface area (Å²) in [6, 6.07) is 10.3. The maximum Gasteiger partial charge on any atom is 0.341 e. The third-order valence-electron chi connectivity index (χ3n) is 3.35. The molecule has 0 aliphatic carbocycles. The Labute approximate surface area is 148 Å². The smallest absolute Gasteiger partial charge is 0.341 e. The Morgan fingerprint density at radius 2 is 1.96 bits per heavy atom. The molecule has 8 heteroatoms. The molecule has 0 amide bonds. The van der Waals surface area contributed by atoms with Gasteiger partial charge >= 0.3 is 5.97 Å². The van der Waals surface area contributed by atoms with Crippen molar-refractivity contribution < 1.29 is 29.1 Å². The van der Waals surface area contributed by atoms with Gasteiger partial charge in [0.25, 0.3) is 5.69 Å². The van der Waals surface area contributed by atoms with Crippen LogP contribution in [0, 0.1) is 10.1 Å². The standard InChI is InChI=1S/C18H15NO7/c1-25-13-8-6-12(17(10-13)26-11-18(21)22)7-9-16(20)14-4-2-3-5-15(14)19(23)24/h2-10H,11H2,1H3,(H,21,22). The third kappa shape index (κ3) is 4.67. The molecule has 0 aliphatic rings. The van der Waals surface area contributed by atoms with E-state index in [9.17, 15) is 19.7 Å². The molecular weight excluding hydrogens is 342 g/mol. The maximum absolute atomic E-state index is 12.3. The van der Waals surface area contributed by atoms with E-state index in [1.165, 1.54) is 43.5 Å². The van der Waals surface area contributed by atoms with Gasteiger partial charge in [0.2, 0.25) is 0 Å².